The van der Waals surface area contributed by atoms with Crippen molar-refractivity contribution in [3.63, 3.8) is 0 Å². The number of aryl methyl sites for hydroxylation is 3. The van der Waals surface area contributed by atoms with E-state index in [4.69, 9.17) is 5.73 Å². The molecule has 0 aliphatic carbocycles. The highest BCUT2D eigenvalue weighted by atomic mass is 32.1. The van der Waals surface area contributed by atoms with Gasteiger partial charge in [0.05, 0.1) is 11.7 Å². The number of hydrogen-bond acceptors (Lipinski definition) is 9. The molecule has 0 saturated carbocycles. The molecule has 0 atom stereocenters. The van der Waals surface area contributed by atoms with Crippen LogP contribution < -0.4 is 16.4 Å². The van der Waals surface area contributed by atoms with Crippen LogP contribution in [0.4, 0.5) is 11.6 Å². The van der Waals surface area contributed by atoms with Gasteiger partial charge in [0.1, 0.15) is 28.7 Å². The molecule has 0 spiro atoms. The van der Waals surface area contributed by atoms with Crippen molar-refractivity contribution >= 4 is 50.0 Å². The number of imidazole rings is 1. The largest absolute Gasteiger partial charge is 0.367 e. The number of fused-ring (bicyclic) bond motifs is 2. The zero-order valence-corrected chi connectivity index (χ0v) is 24.9. The number of likely N-dealkylation sites (tertiary alicyclic amines) is 1. The maximum absolute atomic E-state index is 11.5. The molecule has 43 heavy (non-hydrogen) atoms. The monoisotopic (exact) mass is 594 g/mol. The van der Waals surface area contributed by atoms with Crippen molar-refractivity contribution in [3.8, 4) is 6.07 Å². The first-order valence-electron chi connectivity index (χ1n) is 14.3. The van der Waals surface area contributed by atoms with Gasteiger partial charge in [-0.05, 0) is 55.2 Å². The van der Waals surface area contributed by atoms with Crippen molar-refractivity contribution < 1.29 is 4.79 Å². The number of rotatable bonds is 10. The smallest absolute Gasteiger partial charge is 0.248 e. The highest BCUT2D eigenvalue weighted by Gasteiger charge is 2.22. The molecule has 1 saturated heterocycles. The van der Waals surface area contributed by atoms with E-state index < -0.39 is 0 Å². The van der Waals surface area contributed by atoms with Crippen LogP contribution in [0.5, 0.6) is 0 Å². The van der Waals surface area contributed by atoms with Gasteiger partial charge in [-0.1, -0.05) is 12.6 Å². The van der Waals surface area contributed by atoms with E-state index in [2.05, 4.69) is 72.8 Å². The molecule has 0 radical (unpaired) electrons. The van der Waals surface area contributed by atoms with Gasteiger partial charge in [-0.15, -0.1) is 11.3 Å². The molecule has 11 nitrogen and oxygen atoms in total. The SMILES string of the molecule is C=CC(=O)Nc1cn(CCn2c(C#N)cc3c(C)c(CN4CCC(Nc5ncnc6sc(CN)cc56)CC4)ccc32)cn1. The van der Waals surface area contributed by atoms with Gasteiger partial charge < -0.3 is 25.5 Å². The Morgan fingerprint density at radius 1 is 1.21 bits per heavy atom. The fraction of sp³-hybridized carbons (Fsp3) is 0.323. The summed E-state index contributed by atoms with van der Waals surface area (Å²) < 4.78 is 3.95. The second kappa shape index (κ2) is 12.3. The molecule has 5 heterocycles. The van der Waals surface area contributed by atoms with Gasteiger partial charge in [0, 0.05) is 67.3 Å². The van der Waals surface area contributed by atoms with Crippen LogP contribution in [0, 0.1) is 18.3 Å². The molecule has 0 unspecified atom stereocenters. The summed E-state index contributed by atoms with van der Waals surface area (Å²) in [7, 11) is 0. The van der Waals surface area contributed by atoms with Crippen molar-refractivity contribution in [1.29, 1.82) is 5.26 Å². The average molecular weight is 595 g/mol. The Balaban J connectivity index is 1.10. The number of nitriles is 1. The van der Waals surface area contributed by atoms with Crippen LogP contribution in [-0.4, -0.2) is 54.0 Å². The van der Waals surface area contributed by atoms with Gasteiger partial charge in [-0.3, -0.25) is 9.69 Å². The molecular weight excluding hydrogens is 560 g/mol. The third kappa shape index (κ3) is 6.01. The van der Waals surface area contributed by atoms with E-state index >= 15 is 0 Å². The van der Waals surface area contributed by atoms with Gasteiger partial charge in [-0.25, -0.2) is 15.0 Å². The molecule has 1 aliphatic rings. The van der Waals surface area contributed by atoms with E-state index in [1.165, 1.54) is 17.2 Å². The molecule has 220 valence electrons. The molecule has 4 aromatic heterocycles. The highest BCUT2D eigenvalue weighted by molar-refractivity contribution is 7.18. The predicted octanol–water partition coefficient (Wildman–Crippen LogP) is 4.38. The molecule has 1 amide bonds. The average Bonchev–Trinajstić information content (AvgIpc) is 3.75. The van der Waals surface area contributed by atoms with E-state index in [1.54, 1.807) is 30.2 Å². The number of nitrogens with one attached hydrogen (secondary N) is 2. The first-order valence-corrected chi connectivity index (χ1v) is 15.2. The van der Waals surface area contributed by atoms with E-state index in [9.17, 15) is 10.1 Å². The zero-order valence-electron chi connectivity index (χ0n) is 24.1. The van der Waals surface area contributed by atoms with Crippen molar-refractivity contribution in [2.45, 2.75) is 52.0 Å². The summed E-state index contributed by atoms with van der Waals surface area (Å²) >= 11 is 1.62. The van der Waals surface area contributed by atoms with Crippen LogP contribution >= 0.6 is 11.3 Å². The number of amides is 1. The van der Waals surface area contributed by atoms with Crippen LogP contribution in [0.15, 0.2) is 55.8 Å². The lowest BCUT2D eigenvalue weighted by molar-refractivity contribution is -0.111. The molecule has 4 N–H and O–H groups in total. The quantitative estimate of drug-likeness (QED) is 0.202. The van der Waals surface area contributed by atoms with E-state index in [0.29, 0.717) is 37.2 Å². The molecule has 0 bridgehead atoms. The Labute approximate surface area is 253 Å². The standard InChI is InChI=1S/C31H34N10OS/c1-3-29(42)38-28-17-40(19-36-28)10-11-41-23(14-32)12-25-20(2)21(4-5-27(25)41)16-39-8-6-22(7-9-39)37-30-26-13-24(15-33)43-31(26)35-18-34-30/h3-5,12-13,17-19,22H,1,6-11,15-16,33H2,2H3,(H,38,42)(H,34,35,37). The Morgan fingerprint density at radius 2 is 2.05 bits per heavy atom. The molecule has 12 heteroatoms. The summed E-state index contributed by atoms with van der Waals surface area (Å²) in [6.07, 6.45) is 8.34. The summed E-state index contributed by atoms with van der Waals surface area (Å²) in [5.74, 6) is 1.06. The summed E-state index contributed by atoms with van der Waals surface area (Å²) in [5, 5.41) is 18.4. The maximum Gasteiger partial charge on any atom is 0.248 e. The van der Waals surface area contributed by atoms with Crippen LogP contribution in [0.2, 0.25) is 0 Å². The number of thiophene rings is 1. The van der Waals surface area contributed by atoms with Crippen LogP contribution in [0.3, 0.4) is 0 Å². The number of benzene rings is 1. The zero-order chi connectivity index (χ0) is 29.9. The lowest BCUT2D eigenvalue weighted by atomic mass is 10.0. The van der Waals surface area contributed by atoms with Crippen molar-refractivity contribution in [3.05, 3.63) is 77.5 Å². The minimum atomic E-state index is -0.301. The lowest BCUT2D eigenvalue weighted by Gasteiger charge is -2.33. The van der Waals surface area contributed by atoms with Crippen LogP contribution in [-0.2, 0) is 31.0 Å². The molecule has 5 aromatic rings. The highest BCUT2D eigenvalue weighted by Crippen LogP contribution is 2.30. The van der Waals surface area contributed by atoms with Gasteiger partial charge in [0.15, 0.2) is 5.82 Å². The Bertz CT molecular complexity index is 1840. The number of anilines is 2. The first kappa shape index (κ1) is 28.5. The van der Waals surface area contributed by atoms with Gasteiger partial charge in [0.2, 0.25) is 5.91 Å². The Morgan fingerprint density at radius 3 is 2.81 bits per heavy atom. The summed E-state index contributed by atoms with van der Waals surface area (Å²) in [6.45, 7) is 10.2. The number of nitrogens with zero attached hydrogens (tertiary/aromatic N) is 7. The fourth-order valence-electron chi connectivity index (χ4n) is 5.76. The summed E-state index contributed by atoms with van der Waals surface area (Å²) in [5.41, 5.74) is 10.0. The second-order valence-electron chi connectivity index (χ2n) is 10.8. The van der Waals surface area contributed by atoms with Crippen molar-refractivity contribution in [2.24, 2.45) is 5.73 Å². The third-order valence-corrected chi connectivity index (χ3v) is 9.20. The third-order valence-electron chi connectivity index (χ3n) is 8.14. The number of aromatic nitrogens is 5. The van der Waals surface area contributed by atoms with Gasteiger partial charge in [-0.2, -0.15) is 5.26 Å². The van der Waals surface area contributed by atoms with Gasteiger partial charge >= 0.3 is 0 Å². The number of nitrogens with two attached hydrogens (primary N) is 1. The minimum Gasteiger partial charge on any atom is -0.367 e. The fourth-order valence-corrected chi connectivity index (χ4v) is 6.63. The van der Waals surface area contributed by atoms with Crippen molar-refractivity contribution in [2.75, 3.05) is 23.7 Å². The second-order valence-corrected chi connectivity index (χ2v) is 11.9. The minimum absolute atomic E-state index is 0.301. The molecule has 1 aliphatic heterocycles. The predicted molar refractivity (Wildman–Crippen MR) is 170 cm³/mol. The number of hydrogen-bond donors (Lipinski definition) is 3. The Kier molecular flexibility index (Phi) is 8.20. The lowest BCUT2D eigenvalue weighted by Crippen LogP contribution is -2.39. The molecule has 6 rings (SSSR count). The van der Waals surface area contributed by atoms with E-state index in [-0.39, 0.29) is 5.91 Å². The Hall–Kier alpha value is -4.57. The summed E-state index contributed by atoms with van der Waals surface area (Å²) in [4.78, 5) is 29.3. The summed E-state index contributed by atoms with van der Waals surface area (Å²) in [6, 6.07) is 11.1. The van der Waals surface area contributed by atoms with Gasteiger partial charge in [0.25, 0.3) is 0 Å². The van der Waals surface area contributed by atoms with Crippen LogP contribution in [0.1, 0.15) is 34.5 Å². The molecule has 1 fully saturated rings. The number of carbonyl (C=O) groups excluding carboxylic acids is 1. The topological polar surface area (TPSA) is 143 Å². The number of piperidine rings is 1. The maximum atomic E-state index is 11.5. The van der Waals surface area contributed by atoms with Crippen LogP contribution in [0.25, 0.3) is 21.1 Å². The van der Waals surface area contributed by atoms with Crippen molar-refractivity contribution in [1.82, 2.24) is 29.0 Å². The first-order chi connectivity index (χ1) is 20.9. The normalized spacial score (nSPS) is 14.3. The van der Waals surface area contributed by atoms with E-state index in [1.807, 2.05) is 10.6 Å². The molecule has 1 aromatic carbocycles. The van der Waals surface area contributed by atoms with E-state index in [0.717, 1.165) is 64.3 Å². The molecular formula is C31H34N10OS. The number of carbonyl (C=O) groups is 1.